The minimum absolute atomic E-state index is 0.0495. The fraction of sp³-hybridized carbons (Fsp3) is 0.220. The van der Waals surface area contributed by atoms with E-state index in [2.05, 4.69) is 74.9 Å². The van der Waals surface area contributed by atoms with E-state index < -0.39 is 0 Å². The number of hydrogen-bond acceptors (Lipinski definition) is 22. The second-order valence-electron chi connectivity index (χ2n) is 17.0. The van der Waals surface area contributed by atoms with Gasteiger partial charge in [-0.1, -0.05) is 72.3 Å². The van der Waals surface area contributed by atoms with Crippen molar-refractivity contribution >= 4 is 46.4 Å². The van der Waals surface area contributed by atoms with E-state index in [0.717, 1.165) is 11.1 Å². The molecule has 82 heavy (non-hydrogen) atoms. The van der Waals surface area contributed by atoms with Gasteiger partial charge >= 0.3 is 0 Å². The highest BCUT2D eigenvalue weighted by Gasteiger charge is 2.18. The van der Waals surface area contributed by atoms with Gasteiger partial charge in [0.1, 0.15) is 23.6 Å². The maximum absolute atomic E-state index is 6.10. The molecule has 0 aliphatic rings. The molecule has 0 bridgehead atoms. The van der Waals surface area contributed by atoms with Crippen LogP contribution < -0.4 is 70.0 Å². The third-order valence-electron chi connectivity index (χ3n) is 11.7. The number of rotatable bonds is 19. The lowest BCUT2D eigenvalue weighted by atomic mass is 10.1. The number of nitrogen functional groups attached to an aromatic ring is 1. The first-order valence-electron chi connectivity index (χ1n) is 25.1. The molecule has 9 aromatic rings. The van der Waals surface area contributed by atoms with Crippen LogP contribution in [0.1, 0.15) is 37.1 Å². The molecule has 0 spiro atoms. The Bertz CT molecular complexity index is 3370. The van der Waals surface area contributed by atoms with Crippen LogP contribution in [0.15, 0.2) is 146 Å². The van der Waals surface area contributed by atoms with E-state index in [9.17, 15) is 0 Å². The van der Waals surface area contributed by atoms with Gasteiger partial charge in [-0.25, -0.2) is 29.9 Å². The summed E-state index contributed by atoms with van der Waals surface area (Å²) in [4.78, 5) is 34.5. The number of aromatic nitrogens is 8. The molecule has 0 radical (unpaired) electrons. The summed E-state index contributed by atoms with van der Waals surface area (Å²) in [7, 11) is 14.0. The largest absolute Gasteiger partial charge is 0.493 e. The Morgan fingerprint density at radius 1 is 0.439 bits per heavy atom. The molecule has 0 fully saturated rings. The molecule has 0 saturated carbocycles. The molecule has 0 unspecified atom stereocenters. The molecule has 4 heterocycles. The maximum atomic E-state index is 6.10. The first kappa shape index (κ1) is 61.3. The van der Waals surface area contributed by atoms with Crippen LogP contribution in [-0.2, 0) is 0 Å². The van der Waals surface area contributed by atoms with Crippen LogP contribution in [0, 0.1) is 0 Å². The molecular formula is C59H66ClN13O9. The van der Waals surface area contributed by atoms with E-state index >= 15 is 0 Å². The molecule has 9 rings (SSSR count). The second-order valence-corrected chi connectivity index (χ2v) is 17.4. The van der Waals surface area contributed by atoms with Gasteiger partial charge in [0.2, 0.25) is 29.1 Å². The quantitative estimate of drug-likeness (QED) is 0.0372. The monoisotopic (exact) mass is 1140 g/mol. The van der Waals surface area contributed by atoms with Crippen LogP contribution in [-0.4, -0.2) is 104 Å². The Hall–Kier alpha value is -9.93. The summed E-state index contributed by atoms with van der Waals surface area (Å²) in [6.45, 7) is 4.06. The Morgan fingerprint density at radius 2 is 0.829 bits per heavy atom. The van der Waals surface area contributed by atoms with Gasteiger partial charge < -0.3 is 70.0 Å². The molecule has 428 valence electrons. The lowest BCUT2D eigenvalue weighted by Gasteiger charge is -2.17. The predicted molar refractivity (Wildman–Crippen MR) is 318 cm³/mol. The summed E-state index contributed by atoms with van der Waals surface area (Å²) < 4.78 is 47.5. The van der Waals surface area contributed by atoms with Gasteiger partial charge in [-0.2, -0.15) is 9.97 Å². The molecule has 22 nitrogen and oxygen atoms in total. The number of nitrogens with one attached hydrogen (secondary N) is 3. The van der Waals surface area contributed by atoms with Crippen molar-refractivity contribution in [1.29, 1.82) is 0 Å². The normalized spacial score (nSPS) is 10.9. The standard InChI is InChI=1S/C25H26N6O3.C17H16ClN5O3.C9H13NO3.C8H11N/c1-16(17-9-6-5-7-10-17)29-23-19(11-8-12-26-23)24-27-15-28-25(31-24)30-18-13-20(32-2)22(34-4)21(14-18)33-3;1-24-12-7-10(8-13(25-2)14(12)26-3)22-17-21-9-20-16(23-17)11-5-4-6-19-15(11)18;1-11-7-4-6(10)5-8(12-2)9(7)13-3;1-7(9)8-5-3-2-4-6-8/h5-16H,1-4H3,(H,26,29)(H,27,28,30,31);4-9H,1-3H3,(H,20,21,22,23);4-5H,10H2,1-3H3;2-7H,9H2,1H3/t16-;;;7-/m1..0/s1. The molecule has 7 N–H and O–H groups in total. The SMILES string of the molecule is COc1cc(N)cc(OC)c1OC.COc1cc(Nc2ncnc(-c3cccnc3Cl)n2)cc(OC)c1OC.COc1cc(Nc2ncnc(-c3cccnc3N[C@H](C)c3ccccc3)n2)cc(OC)c1OC.C[C@H](N)c1ccccc1. The van der Waals surface area contributed by atoms with Crippen molar-refractivity contribution in [2.24, 2.45) is 5.73 Å². The number of anilines is 6. The van der Waals surface area contributed by atoms with Crippen LogP contribution in [0.3, 0.4) is 0 Å². The van der Waals surface area contributed by atoms with Crippen molar-refractivity contribution in [3.8, 4) is 74.5 Å². The number of halogens is 1. The average Bonchev–Trinajstić information content (AvgIpc) is 3.52. The Labute approximate surface area is 481 Å². The third kappa shape index (κ3) is 16.6. The van der Waals surface area contributed by atoms with Crippen LogP contribution in [0.25, 0.3) is 22.8 Å². The molecule has 0 aliphatic carbocycles. The van der Waals surface area contributed by atoms with E-state index in [0.29, 0.717) is 109 Å². The Balaban J connectivity index is 0.000000197. The van der Waals surface area contributed by atoms with E-state index in [-0.39, 0.29) is 12.1 Å². The number of methoxy groups -OCH3 is 9. The van der Waals surface area contributed by atoms with Crippen LogP contribution in [0.2, 0.25) is 5.15 Å². The van der Waals surface area contributed by atoms with E-state index in [1.807, 2.05) is 67.6 Å². The number of nitrogens with two attached hydrogens (primary N) is 2. The molecule has 0 saturated heterocycles. The van der Waals surface area contributed by atoms with Crippen molar-refractivity contribution in [3.05, 3.63) is 163 Å². The zero-order chi connectivity index (χ0) is 59.0. The summed E-state index contributed by atoms with van der Waals surface area (Å²) in [5.74, 6) is 7.05. The number of ether oxygens (including phenoxy) is 9. The molecule has 23 heteroatoms. The first-order valence-corrected chi connectivity index (χ1v) is 25.5. The molecule has 2 atom stereocenters. The van der Waals surface area contributed by atoms with Crippen molar-refractivity contribution in [2.75, 3.05) is 85.7 Å². The topological polar surface area (TPSA) is 274 Å². The van der Waals surface area contributed by atoms with Crippen LogP contribution in [0.4, 0.5) is 34.8 Å². The number of nitrogens with zero attached hydrogens (tertiary/aromatic N) is 8. The zero-order valence-electron chi connectivity index (χ0n) is 47.3. The first-order chi connectivity index (χ1) is 39.8. The summed E-state index contributed by atoms with van der Waals surface area (Å²) in [6.07, 6.45) is 6.19. The second kappa shape index (κ2) is 31.0. The van der Waals surface area contributed by atoms with E-state index in [4.69, 9.17) is 65.7 Å². The molecule has 0 amide bonds. The minimum atomic E-state index is 0.0495. The van der Waals surface area contributed by atoms with Crippen molar-refractivity contribution < 1.29 is 42.6 Å². The molecule has 5 aromatic carbocycles. The van der Waals surface area contributed by atoms with Crippen LogP contribution in [0.5, 0.6) is 51.7 Å². The fourth-order valence-electron chi connectivity index (χ4n) is 7.68. The Morgan fingerprint density at radius 3 is 1.22 bits per heavy atom. The van der Waals surface area contributed by atoms with Crippen molar-refractivity contribution in [3.63, 3.8) is 0 Å². The number of pyridine rings is 2. The lowest BCUT2D eigenvalue weighted by Crippen LogP contribution is -2.09. The highest BCUT2D eigenvalue weighted by molar-refractivity contribution is 6.31. The number of benzene rings is 5. The maximum Gasteiger partial charge on any atom is 0.230 e. The van der Waals surface area contributed by atoms with E-state index in [1.54, 1.807) is 125 Å². The summed E-state index contributed by atoms with van der Waals surface area (Å²) >= 11 is 6.10. The van der Waals surface area contributed by atoms with Crippen LogP contribution >= 0.6 is 11.6 Å². The lowest BCUT2D eigenvalue weighted by molar-refractivity contribution is 0.324. The minimum Gasteiger partial charge on any atom is -0.493 e. The third-order valence-corrected chi connectivity index (χ3v) is 12.0. The van der Waals surface area contributed by atoms with Gasteiger partial charge in [-0.05, 0) is 49.2 Å². The predicted octanol–water partition coefficient (Wildman–Crippen LogP) is 11.2. The van der Waals surface area contributed by atoms with Gasteiger partial charge in [0.05, 0.1) is 75.1 Å². The zero-order valence-corrected chi connectivity index (χ0v) is 48.1. The molecule has 4 aromatic heterocycles. The Kier molecular flexibility index (Phi) is 23.2. The highest BCUT2D eigenvalue weighted by Crippen LogP contribution is 2.42. The van der Waals surface area contributed by atoms with Gasteiger partial charge in [-0.15, -0.1) is 0 Å². The van der Waals surface area contributed by atoms with Crippen molar-refractivity contribution in [2.45, 2.75) is 25.9 Å². The molecule has 0 aliphatic heterocycles. The fourth-order valence-corrected chi connectivity index (χ4v) is 7.88. The highest BCUT2D eigenvalue weighted by atomic mass is 35.5. The van der Waals surface area contributed by atoms with Gasteiger partial charge in [-0.3, -0.25) is 0 Å². The van der Waals surface area contributed by atoms with Gasteiger partial charge in [0.25, 0.3) is 0 Å². The van der Waals surface area contributed by atoms with Gasteiger partial charge in [0.15, 0.2) is 46.1 Å². The summed E-state index contributed by atoms with van der Waals surface area (Å²) in [5, 5.41) is 10.1. The summed E-state index contributed by atoms with van der Waals surface area (Å²) in [5.41, 5.74) is 16.9. The van der Waals surface area contributed by atoms with Gasteiger partial charge in [0, 0.05) is 77.9 Å². The average molecular weight is 1140 g/mol. The smallest absolute Gasteiger partial charge is 0.230 e. The molecular weight excluding hydrogens is 1070 g/mol. The number of hydrogen-bond donors (Lipinski definition) is 5. The van der Waals surface area contributed by atoms with E-state index in [1.165, 1.54) is 18.2 Å². The van der Waals surface area contributed by atoms with Crippen molar-refractivity contribution in [1.82, 2.24) is 39.9 Å². The summed E-state index contributed by atoms with van der Waals surface area (Å²) in [6, 6.07) is 38.2.